The van der Waals surface area contributed by atoms with Gasteiger partial charge in [-0.25, -0.2) is 0 Å². The van der Waals surface area contributed by atoms with E-state index in [-0.39, 0.29) is 0 Å². The highest BCUT2D eigenvalue weighted by Gasteiger charge is 2.04. The lowest BCUT2D eigenvalue weighted by atomic mass is 10.2. The van der Waals surface area contributed by atoms with E-state index in [1.54, 1.807) is 18.9 Å². The lowest BCUT2D eigenvalue weighted by molar-refractivity contribution is 0.414. The lowest BCUT2D eigenvalue weighted by Gasteiger charge is -2.06. The summed E-state index contributed by atoms with van der Waals surface area (Å²) in [4.78, 5) is 1.17. The summed E-state index contributed by atoms with van der Waals surface area (Å²) in [6.07, 6.45) is 3.89. The van der Waals surface area contributed by atoms with Gasteiger partial charge in [-0.05, 0) is 23.8 Å². The molecule has 1 heterocycles. The van der Waals surface area contributed by atoms with Crippen LogP contribution in [0.5, 0.6) is 5.75 Å². The highest BCUT2D eigenvalue weighted by Crippen LogP contribution is 2.29. The second-order valence-corrected chi connectivity index (χ2v) is 5.50. The fourth-order valence-electron chi connectivity index (χ4n) is 1.42. The molecule has 0 saturated heterocycles. The third-order valence-electron chi connectivity index (χ3n) is 2.33. The van der Waals surface area contributed by atoms with E-state index in [9.17, 15) is 0 Å². The van der Waals surface area contributed by atoms with Crippen LogP contribution in [0.3, 0.4) is 0 Å². The number of halogens is 1. The van der Waals surface area contributed by atoms with Gasteiger partial charge in [0.05, 0.1) is 13.3 Å². The molecule has 0 fully saturated rings. The average molecular weight is 313 g/mol. The Morgan fingerprint density at radius 1 is 1.47 bits per heavy atom. The summed E-state index contributed by atoms with van der Waals surface area (Å²) in [5, 5.41) is 4.14. The van der Waals surface area contributed by atoms with Crippen molar-refractivity contribution in [3.63, 3.8) is 0 Å². The Hall–Kier alpha value is -0.940. The van der Waals surface area contributed by atoms with E-state index < -0.39 is 0 Å². The maximum Gasteiger partial charge on any atom is 0.119 e. The number of ether oxygens (including phenoxy) is 1. The van der Waals surface area contributed by atoms with Gasteiger partial charge in [0.25, 0.3) is 0 Å². The normalized spacial score (nSPS) is 10.5. The quantitative estimate of drug-likeness (QED) is 0.809. The molecule has 5 heteroatoms. The maximum absolute atomic E-state index is 5.22. The summed E-state index contributed by atoms with van der Waals surface area (Å²) in [5.41, 5.74) is 1.22. The van der Waals surface area contributed by atoms with E-state index in [1.165, 1.54) is 10.5 Å². The first-order valence-electron chi connectivity index (χ1n) is 5.13. The molecule has 0 bridgehead atoms. The molecule has 0 spiro atoms. The molecule has 0 unspecified atom stereocenters. The number of benzene rings is 1. The maximum atomic E-state index is 5.22. The summed E-state index contributed by atoms with van der Waals surface area (Å²) < 4.78 is 8.13. The van der Waals surface area contributed by atoms with Crippen molar-refractivity contribution in [2.24, 2.45) is 7.05 Å². The minimum absolute atomic E-state index is 0.884. The molecule has 1 aromatic heterocycles. The summed E-state index contributed by atoms with van der Waals surface area (Å²) in [5.74, 6) is 1.78. The van der Waals surface area contributed by atoms with Gasteiger partial charge in [-0.2, -0.15) is 5.10 Å². The van der Waals surface area contributed by atoms with Crippen molar-refractivity contribution < 1.29 is 4.74 Å². The zero-order chi connectivity index (χ0) is 12.3. The molecule has 1 aromatic carbocycles. The van der Waals surface area contributed by atoms with Gasteiger partial charge in [-0.1, -0.05) is 15.9 Å². The van der Waals surface area contributed by atoms with E-state index in [0.29, 0.717) is 0 Å². The zero-order valence-corrected chi connectivity index (χ0v) is 12.1. The van der Waals surface area contributed by atoms with Gasteiger partial charge in [0.1, 0.15) is 5.75 Å². The molecule has 2 rings (SSSR count). The van der Waals surface area contributed by atoms with Crippen LogP contribution < -0.4 is 4.74 Å². The van der Waals surface area contributed by atoms with Crippen molar-refractivity contribution in [3.8, 4) is 5.75 Å². The van der Waals surface area contributed by atoms with Crippen LogP contribution in [0.4, 0.5) is 0 Å². The SMILES string of the molecule is COc1ccc(Br)c(CSc2cnn(C)c2)c1. The van der Waals surface area contributed by atoms with E-state index in [1.807, 2.05) is 42.3 Å². The number of aryl methyl sites for hydroxylation is 1. The first-order valence-corrected chi connectivity index (χ1v) is 6.91. The molecule has 90 valence electrons. The zero-order valence-electron chi connectivity index (χ0n) is 9.68. The predicted molar refractivity (Wildman–Crippen MR) is 73.5 cm³/mol. The van der Waals surface area contributed by atoms with Crippen molar-refractivity contribution in [3.05, 3.63) is 40.6 Å². The Morgan fingerprint density at radius 3 is 2.94 bits per heavy atom. The molecule has 0 aliphatic rings. The average Bonchev–Trinajstić information content (AvgIpc) is 2.74. The van der Waals surface area contributed by atoms with Crippen molar-refractivity contribution in [1.82, 2.24) is 9.78 Å². The molecule has 0 aliphatic carbocycles. The third kappa shape index (κ3) is 3.26. The van der Waals surface area contributed by atoms with Gasteiger partial charge < -0.3 is 4.74 Å². The first kappa shape index (κ1) is 12.5. The number of thioether (sulfide) groups is 1. The monoisotopic (exact) mass is 312 g/mol. The molecular weight excluding hydrogens is 300 g/mol. The van der Waals surface area contributed by atoms with Gasteiger partial charge >= 0.3 is 0 Å². The summed E-state index contributed by atoms with van der Waals surface area (Å²) in [6, 6.07) is 6.01. The van der Waals surface area contributed by atoms with Gasteiger partial charge in [0.2, 0.25) is 0 Å². The van der Waals surface area contributed by atoms with E-state index in [0.717, 1.165) is 16.0 Å². The second-order valence-electron chi connectivity index (χ2n) is 3.60. The number of rotatable bonds is 4. The van der Waals surface area contributed by atoms with Gasteiger partial charge in [-0.15, -0.1) is 11.8 Å². The number of methoxy groups -OCH3 is 1. The van der Waals surface area contributed by atoms with Crippen LogP contribution in [-0.4, -0.2) is 16.9 Å². The molecule has 0 atom stereocenters. The minimum atomic E-state index is 0.884. The van der Waals surface area contributed by atoms with Crippen LogP contribution in [-0.2, 0) is 12.8 Å². The minimum Gasteiger partial charge on any atom is -0.497 e. The third-order valence-corrected chi connectivity index (χ3v) is 4.10. The predicted octanol–water partition coefficient (Wildman–Crippen LogP) is 3.48. The number of aromatic nitrogens is 2. The van der Waals surface area contributed by atoms with Crippen LogP contribution in [0.1, 0.15) is 5.56 Å². The van der Waals surface area contributed by atoms with Crippen LogP contribution in [0.25, 0.3) is 0 Å². The first-order chi connectivity index (χ1) is 8.19. The van der Waals surface area contributed by atoms with Gasteiger partial charge in [0.15, 0.2) is 0 Å². The molecular formula is C12H13BrN2OS. The van der Waals surface area contributed by atoms with Crippen LogP contribution in [0.2, 0.25) is 0 Å². The van der Waals surface area contributed by atoms with E-state index >= 15 is 0 Å². The van der Waals surface area contributed by atoms with Gasteiger partial charge in [0, 0.05) is 28.4 Å². The Morgan fingerprint density at radius 2 is 2.29 bits per heavy atom. The Bertz CT molecular complexity index is 513. The molecule has 2 aromatic rings. The lowest BCUT2D eigenvalue weighted by Crippen LogP contribution is -1.87. The molecule has 0 saturated carbocycles. The standard InChI is InChI=1S/C12H13BrN2OS/c1-15-7-11(6-14-15)17-8-9-5-10(16-2)3-4-12(9)13/h3-7H,8H2,1-2H3. The summed E-state index contributed by atoms with van der Waals surface area (Å²) in [7, 11) is 3.60. The Kier molecular flexibility index (Phi) is 4.12. The topological polar surface area (TPSA) is 27.1 Å². The van der Waals surface area contributed by atoms with Gasteiger partial charge in [-0.3, -0.25) is 4.68 Å². The van der Waals surface area contributed by atoms with Crippen molar-refractivity contribution in [2.45, 2.75) is 10.6 Å². The molecule has 3 nitrogen and oxygen atoms in total. The number of hydrogen-bond acceptors (Lipinski definition) is 3. The van der Waals surface area contributed by atoms with Crippen molar-refractivity contribution in [1.29, 1.82) is 0 Å². The smallest absolute Gasteiger partial charge is 0.119 e. The number of nitrogens with zero attached hydrogens (tertiary/aromatic N) is 2. The molecule has 0 N–H and O–H groups in total. The Labute approximate surface area is 113 Å². The molecule has 17 heavy (non-hydrogen) atoms. The molecule has 0 amide bonds. The highest BCUT2D eigenvalue weighted by atomic mass is 79.9. The largest absolute Gasteiger partial charge is 0.497 e. The summed E-state index contributed by atoms with van der Waals surface area (Å²) >= 11 is 5.31. The van der Waals surface area contributed by atoms with E-state index in [2.05, 4.69) is 21.0 Å². The highest BCUT2D eigenvalue weighted by molar-refractivity contribution is 9.10. The van der Waals surface area contributed by atoms with Crippen LogP contribution in [0, 0.1) is 0 Å². The summed E-state index contributed by atoms with van der Waals surface area (Å²) in [6.45, 7) is 0. The Balaban J connectivity index is 2.07. The molecule has 0 aliphatic heterocycles. The fraction of sp³-hybridized carbons (Fsp3) is 0.250. The van der Waals surface area contributed by atoms with Crippen molar-refractivity contribution in [2.75, 3.05) is 7.11 Å². The molecule has 0 radical (unpaired) electrons. The van der Waals surface area contributed by atoms with Crippen molar-refractivity contribution >= 4 is 27.7 Å². The fourth-order valence-corrected chi connectivity index (χ4v) is 2.91. The second kappa shape index (κ2) is 5.60. The van der Waals surface area contributed by atoms with Crippen LogP contribution >= 0.6 is 27.7 Å². The van der Waals surface area contributed by atoms with Crippen LogP contribution in [0.15, 0.2) is 40.0 Å². The van der Waals surface area contributed by atoms with E-state index in [4.69, 9.17) is 4.74 Å². The number of hydrogen-bond donors (Lipinski definition) is 0.